The summed E-state index contributed by atoms with van der Waals surface area (Å²) in [5.74, 6) is 1.20. The van der Waals surface area contributed by atoms with Crippen molar-refractivity contribution in [2.24, 2.45) is 0 Å². The van der Waals surface area contributed by atoms with Crippen molar-refractivity contribution in [2.45, 2.75) is 19.8 Å². The van der Waals surface area contributed by atoms with Crippen LogP contribution in [0.5, 0.6) is 11.5 Å². The molecule has 0 atom stereocenters. The summed E-state index contributed by atoms with van der Waals surface area (Å²) in [7, 11) is 0. The van der Waals surface area contributed by atoms with Crippen molar-refractivity contribution >= 4 is 32.6 Å². The van der Waals surface area contributed by atoms with Gasteiger partial charge >= 0.3 is 0 Å². The highest BCUT2D eigenvalue weighted by Gasteiger charge is 2.08. The van der Waals surface area contributed by atoms with E-state index >= 15 is 0 Å². The van der Waals surface area contributed by atoms with Gasteiger partial charge in [-0.2, -0.15) is 0 Å². The maximum atomic E-state index is 12.0. The van der Waals surface area contributed by atoms with Gasteiger partial charge in [0.05, 0.1) is 16.8 Å². The molecule has 0 unspecified atom stereocenters. The van der Waals surface area contributed by atoms with E-state index in [1.807, 2.05) is 36.4 Å². The molecule has 0 aliphatic rings. The number of unbranched alkanes of at least 4 members (excludes halogenated alkanes) is 1. The normalized spacial score (nSPS) is 10.6. The topological polar surface area (TPSA) is 60.5 Å². The summed E-state index contributed by atoms with van der Waals surface area (Å²) >= 11 is 1.44. The Hall–Kier alpha value is -2.60. The van der Waals surface area contributed by atoms with Gasteiger partial charge in [-0.25, -0.2) is 4.98 Å². The van der Waals surface area contributed by atoms with E-state index in [2.05, 4.69) is 17.2 Å². The molecule has 1 heterocycles. The molecule has 0 spiro atoms. The first-order valence-electron chi connectivity index (χ1n) is 8.25. The summed E-state index contributed by atoms with van der Waals surface area (Å²) in [5.41, 5.74) is 0.877. The highest BCUT2D eigenvalue weighted by Crippen LogP contribution is 2.25. The Kier molecular flexibility index (Phi) is 5.85. The number of carbonyl (C=O) groups is 1. The van der Waals surface area contributed by atoms with Crippen molar-refractivity contribution in [3.63, 3.8) is 0 Å². The van der Waals surface area contributed by atoms with Crippen LogP contribution in [0.25, 0.3) is 10.2 Å². The summed E-state index contributed by atoms with van der Waals surface area (Å²) in [6, 6.07) is 15.0. The fourth-order valence-electron chi connectivity index (χ4n) is 2.20. The summed E-state index contributed by atoms with van der Waals surface area (Å²) in [5, 5.41) is 3.34. The number of carbonyl (C=O) groups excluding carboxylic acids is 1. The van der Waals surface area contributed by atoms with Crippen LogP contribution in [0, 0.1) is 0 Å². The number of hydrogen-bond acceptors (Lipinski definition) is 5. The molecular weight excluding hydrogens is 336 g/mol. The molecule has 5 nitrogen and oxygen atoms in total. The standard InChI is InChI=1S/C19H20N2O3S/c1-2-3-12-23-14-8-10-15(11-9-14)24-13-18(22)21-19-20-16-6-4-5-7-17(16)25-19/h4-11H,2-3,12-13H2,1H3,(H,20,21,22). The van der Waals surface area contributed by atoms with E-state index in [0.29, 0.717) is 17.5 Å². The van der Waals surface area contributed by atoms with E-state index in [1.54, 1.807) is 12.1 Å². The Labute approximate surface area is 150 Å². The first-order valence-corrected chi connectivity index (χ1v) is 9.07. The van der Waals surface area contributed by atoms with Gasteiger partial charge in [-0.15, -0.1) is 0 Å². The van der Waals surface area contributed by atoms with Gasteiger partial charge in [0.1, 0.15) is 11.5 Å². The number of aromatic nitrogens is 1. The lowest BCUT2D eigenvalue weighted by atomic mass is 10.3. The van der Waals surface area contributed by atoms with Gasteiger partial charge in [-0.05, 0) is 42.8 Å². The fraction of sp³-hybridized carbons (Fsp3) is 0.263. The predicted octanol–water partition coefficient (Wildman–Crippen LogP) is 4.49. The number of nitrogens with zero attached hydrogens (tertiary/aromatic N) is 1. The Balaban J connectivity index is 1.48. The molecule has 0 saturated carbocycles. The van der Waals surface area contributed by atoms with E-state index < -0.39 is 0 Å². The lowest BCUT2D eigenvalue weighted by Crippen LogP contribution is -2.19. The number of fused-ring (bicyclic) bond motifs is 1. The van der Waals surface area contributed by atoms with E-state index in [4.69, 9.17) is 9.47 Å². The number of hydrogen-bond donors (Lipinski definition) is 1. The predicted molar refractivity (Wildman–Crippen MR) is 101 cm³/mol. The van der Waals surface area contributed by atoms with Crippen molar-refractivity contribution in [3.05, 3.63) is 48.5 Å². The molecule has 25 heavy (non-hydrogen) atoms. The SMILES string of the molecule is CCCCOc1ccc(OCC(=O)Nc2nc3ccccc3s2)cc1. The minimum absolute atomic E-state index is 0.0635. The van der Waals surface area contributed by atoms with Gasteiger partial charge in [-0.3, -0.25) is 10.1 Å². The molecule has 0 radical (unpaired) electrons. The second-order valence-corrected chi connectivity index (χ2v) is 6.53. The smallest absolute Gasteiger partial charge is 0.264 e. The molecule has 1 amide bonds. The maximum absolute atomic E-state index is 12.0. The summed E-state index contributed by atoms with van der Waals surface area (Å²) in [4.78, 5) is 16.4. The lowest BCUT2D eigenvalue weighted by molar-refractivity contribution is -0.118. The minimum Gasteiger partial charge on any atom is -0.494 e. The first kappa shape index (κ1) is 17.2. The quantitative estimate of drug-likeness (QED) is 0.604. The number of nitrogens with one attached hydrogen (secondary N) is 1. The minimum atomic E-state index is -0.234. The molecule has 0 aliphatic heterocycles. The third-order valence-corrected chi connectivity index (χ3v) is 4.45. The number of anilines is 1. The Morgan fingerprint density at radius 1 is 1.08 bits per heavy atom. The fourth-order valence-corrected chi connectivity index (χ4v) is 3.08. The summed E-state index contributed by atoms with van der Waals surface area (Å²) in [6.45, 7) is 2.77. The van der Waals surface area contributed by atoms with Gasteiger partial charge in [-0.1, -0.05) is 36.8 Å². The molecule has 0 saturated heterocycles. The molecule has 2 aromatic carbocycles. The molecule has 6 heteroatoms. The van der Waals surface area contributed by atoms with Crippen molar-refractivity contribution in [3.8, 4) is 11.5 Å². The Morgan fingerprint density at radius 3 is 2.52 bits per heavy atom. The highest BCUT2D eigenvalue weighted by molar-refractivity contribution is 7.22. The zero-order valence-corrected chi connectivity index (χ0v) is 14.8. The van der Waals surface area contributed by atoms with Crippen LogP contribution in [-0.4, -0.2) is 24.1 Å². The maximum Gasteiger partial charge on any atom is 0.264 e. The number of thiazole rings is 1. The van der Waals surface area contributed by atoms with Gasteiger partial charge in [0.15, 0.2) is 11.7 Å². The lowest BCUT2D eigenvalue weighted by Gasteiger charge is -2.08. The summed E-state index contributed by atoms with van der Waals surface area (Å²) in [6.07, 6.45) is 2.13. The van der Waals surface area contributed by atoms with Crippen LogP contribution in [0.15, 0.2) is 48.5 Å². The molecule has 0 aliphatic carbocycles. The first-order chi connectivity index (χ1) is 12.2. The molecule has 3 rings (SSSR count). The molecule has 1 N–H and O–H groups in total. The van der Waals surface area contributed by atoms with Crippen LogP contribution in [-0.2, 0) is 4.79 Å². The van der Waals surface area contributed by atoms with Crippen LogP contribution in [0.3, 0.4) is 0 Å². The zero-order valence-electron chi connectivity index (χ0n) is 14.0. The number of rotatable bonds is 8. The van der Waals surface area contributed by atoms with Crippen molar-refractivity contribution in [1.82, 2.24) is 4.98 Å². The van der Waals surface area contributed by atoms with Gasteiger partial charge in [0, 0.05) is 0 Å². The van der Waals surface area contributed by atoms with E-state index in [0.717, 1.165) is 28.8 Å². The van der Waals surface area contributed by atoms with Crippen LogP contribution in [0.4, 0.5) is 5.13 Å². The van der Waals surface area contributed by atoms with Crippen LogP contribution < -0.4 is 14.8 Å². The van der Waals surface area contributed by atoms with Crippen molar-refractivity contribution < 1.29 is 14.3 Å². The molecule has 0 fully saturated rings. The molecule has 1 aromatic heterocycles. The van der Waals surface area contributed by atoms with Crippen molar-refractivity contribution in [2.75, 3.05) is 18.5 Å². The van der Waals surface area contributed by atoms with E-state index in [9.17, 15) is 4.79 Å². The zero-order chi connectivity index (χ0) is 17.5. The van der Waals surface area contributed by atoms with E-state index in [-0.39, 0.29) is 12.5 Å². The second-order valence-electron chi connectivity index (χ2n) is 5.50. The number of amides is 1. The Morgan fingerprint density at radius 2 is 1.80 bits per heavy atom. The largest absolute Gasteiger partial charge is 0.494 e. The van der Waals surface area contributed by atoms with Crippen LogP contribution in [0.2, 0.25) is 0 Å². The van der Waals surface area contributed by atoms with Crippen LogP contribution in [0.1, 0.15) is 19.8 Å². The third kappa shape index (κ3) is 4.93. The molecule has 3 aromatic rings. The molecule has 0 bridgehead atoms. The average molecular weight is 356 g/mol. The number of ether oxygens (including phenoxy) is 2. The summed E-state index contributed by atoms with van der Waals surface area (Å²) < 4.78 is 12.1. The van der Waals surface area contributed by atoms with Gasteiger partial charge in [0.2, 0.25) is 0 Å². The number of para-hydroxylation sites is 1. The highest BCUT2D eigenvalue weighted by atomic mass is 32.1. The number of benzene rings is 2. The Bertz CT molecular complexity index is 797. The average Bonchev–Trinajstić information content (AvgIpc) is 3.03. The van der Waals surface area contributed by atoms with Crippen molar-refractivity contribution in [1.29, 1.82) is 0 Å². The molecular formula is C19H20N2O3S. The van der Waals surface area contributed by atoms with Crippen LogP contribution >= 0.6 is 11.3 Å². The van der Waals surface area contributed by atoms with E-state index in [1.165, 1.54) is 11.3 Å². The second kappa shape index (κ2) is 8.48. The monoisotopic (exact) mass is 356 g/mol. The van der Waals surface area contributed by atoms with Gasteiger partial charge < -0.3 is 9.47 Å². The van der Waals surface area contributed by atoms with Gasteiger partial charge in [0.25, 0.3) is 5.91 Å². The third-order valence-electron chi connectivity index (χ3n) is 3.50. The molecule has 130 valence electrons.